The van der Waals surface area contributed by atoms with Crippen molar-refractivity contribution in [1.82, 2.24) is 16.0 Å². The lowest BCUT2D eigenvalue weighted by molar-refractivity contribution is -0.123. The van der Waals surface area contributed by atoms with Crippen LogP contribution in [0.5, 0.6) is 0 Å². The zero-order valence-corrected chi connectivity index (χ0v) is 19.6. The molecule has 0 saturated heterocycles. The summed E-state index contributed by atoms with van der Waals surface area (Å²) < 4.78 is 4.92. The molecule has 186 valence electrons. The van der Waals surface area contributed by atoms with Gasteiger partial charge in [-0.25, -0.2) is 4.79 Å². The monoisotopic (exact) mass is 463 g/mol. The first-order valence-electron chi connectivity index (χ1n) is 11.7. The van der Waals surface area contributed by atoms with Crippen LogP contribution < -0.4 is 33.2 Å². The van der Waals surface area contributed by atoms with Crippen molar-refractivity contribution in [2.24, 2.45) is 22.2 Å². The number of aliphatic imine (C=N–C) groups is 1. The van der Waals surface area contributed by atoms with Crippen LogP contribution in [-0.2, 0) is 9.53 Å². The van der Waals surface area contributed by atoms with Gasteiger partial charge in [0.15, 0.2) is 12.6 Å². The Morgan fingerprint density at radius 3 is 2.30 bits per heavy atom. The quantitative estimate of drug-likeness (QED) is 0.108. The highest BCUT2D eigenvalue weighted by molar-refractivity contribution is 5.80. The fourth-order valence-electron chi connectivity index (χ4n) is 3.07. The average Bonchev–Trinajstić information content (AvgIpc) is 2.81. The second kappa shape index (κ2) is 18.7. The molecule has 2 amide bonds. The molecule has 0 aliphatic heterocycles. The van der Waals surface area contributed by atoms with Crippen LogP contribution in [0.2, 0.25) is 0 Å². The highest BCUT2D eigenvalue weighted by atomic mass is 16.6. The van der Waals surface area contributed by atoms with Gasteiger partial charge in [-0.1, -0.05) is 43.2 Å². The molecule has 1 rings (SSSR count). The van der Waals surface area contributed by atoms with E-state index in [0.29, 0.717) is 19.6 Å². The summed E-state index contributed by atoms with van der Waals surface area (Å²) in [7, 11) is 0. The van der Waals surface area contributed by atoms with E-state index in [0.717, 1.165) is 63.6 Å². The number of ether oxygens (including phenoxy) is 1. The summed E-state index contributed by atoms with van der Waals surface area (Å²) in [5.74, 6) is -0.192. The van der Waals surface area contributed by atoms with E-state index < -0.39 is 6.09 Å². The molecule has 0 spiro atoms. The van der Waals surface area contributed by atoms with E-state index in [-0.39, 0.29) is 24.5 Å². The third-order valence-electron chi connectivity index (χ3n) is 4.95. The van der Waals surface area contributed by atoms with Crippen molar-refractivity contribution >= 4 is 18.0 Å². The van der Waals surface area contributed by atoms with Crippen LogP contribution >= 0.6 is 0 Å². The maximum atomic E-state index is 11.7. The minimum atomic E-state index is -0.577. The van der Waals surface area contributed by atoms with Gasteiger partial charge < -0.3 is 37.9 Å². The zero-order chi connectivity index (χ0) is 24.2. The van der Waals surface area contributed by atoms with Gasteiger partial charge >= 0.3 is 6.09 Å². The first-order valence-corrected chi connectivity index (χ1v) is 11.7. The maximum Gasteiger partial charge on any atom is 0.407 e. The molecule has 0 aliphatic rings. The Morgan fingerprint density at radius 1 is 0.879 bits per heavy atom. The zero-order valence-electron chi connectivity index (χ0n) is 19.6. The van der Waals surface area contributed by atoms with Gasteiger partial charge in [0, 0.05) is 25.7 Å². The topological polar surface area (TPSA) is 170 Å². The first-order chi connectivity index (χ1) is 16.0. The lowest BCUT2D eigenvalue weighted by atomic mass is 10.1. The molecule has 0 bridgehead atoms. The molecule has 0 aromatic heterocycles. The van der Waals surface area contributed by atoms with Crippen molar-refractivity contribution in [3.63, 3.8) is 0 Å². The minimum absolute atomic E-state index is 0.0364. The van der Waals surface area contributed by atoms with Crippen LogP contribution in [0.25, 0.3) is 0 Å². The number of nitrogens with two attached hydrogens (primary N) is 3. The molecular formula is C23H41N7O3. The number of carbonyl (C=O) groups is 2. The van der Waals surface area contributed by atoms with E-state index in [1.165, 1.54) is 0 Å². The average molecular weight is 464 g/mol. The van der Waals surface area contributed by atoms with E-state index in [9.17, 15) is 9.59 Å². The van der Waals surface area contributed by atoms with E-state index >= 15 is 0 Å². The lowest BCUT2D eigenvalue weighted by Crippen LogP contribution is -2.33. The predicted molar refractivity (Wildman–Crippen MR) is 132 cm³/mol. The van der Waals surface area contributed by atoms with Crippen LogP contribution in [0, 0.1) is 0 Å². The SMILES string of the molecule is NC(N)=NCCCCCCNC(=O)COC(=O)NCCCCNCCC(N)c1ccccc1. The molecule has 0 aliphatic carbocycles. The van der Waals surface area contributed by atoms with Crippen molar-refractivity contribution in [2.75, 3.05) is 39.3 Å². The van der Waals surface area contributed by atoms with Crippen molar-refractivity contribution < 1.29 is 14.3 Å². The number of carbonyl (C=O) groups excluding carboxylic acids is 2. The van der Waals surface area contributed by atoms with Gasteiger partial charge in [0.05, 0.1) is 0 Å². The van der Waals surface area contributed by atoms with Crippen LogP contribution in [0.3, 0.4) is 0 Å². The summed E-state index contributed by atoms with van der Waals surface area (Å²) in [6.07, 6.45) is 5.76. The number of nitrogens with zero attached hydrogens (tertiary/aromatic N) is 1. The van der Waals surface area contributed by atoms with Crippen molar-refractivity contribution in [2.45, 2.75) is 51.0 Å². The van der Waals surface area contributed by atoms with Gasteiger partial charge in [-0.15, -0.1) is 0 Å². The number of benzene rings is 1. The summed E-state index contributed by atoms with van der Waals surface area (Å²) >= 11 is 0. The number of rotatable bonds is 18. The Bertz CT molecular complexity index is 682. The minimum Gasteiger partial charge on any atom is -0.439 e. The number of nitrogens with one attached hydrogen (secondary N) is 3. The van der Waals surface area contributed by atoms with E-state index in [4.69, 9.17) is 21.9 Å². The number of alkyl carbamates (subject to hydrolysis) is 1. The van der Waals surface area contributed by atoms with Gasteiger partial charge in [0.25, 0.3) is 5.91 Å². The third-order valence-corrected chi connectivity index (χ3v) is 4.95. The molecule has 33 heavy (non-hydrogen) atoms. The first kappa shape index (κ1) is 28.2. The highest BCUT2D eigenvalue weighted by Crippen LogP contribution is 2.12. The molecule has 0 saturated carbocycles. The van der Waals surface area contributed by atoms with Gasteiger partial charge in [0.1, 0.15) is 0 Å². The molecule has 1 aromatic carbocycles. The summed E-state index contributed by atoms with van der Waals surface area (Å²) in [5, 5.41) is 8.75. The van der Waals surface area contributed by atoms with Crippen molar-refractivity contribution in [3.05, 3.63) is 35.9 Å². The van der Waals surface area contributed by atoms with Crippen molar-refractivity contribution in [1.29, 1.82) is 0 Å². The van der Waals surface area contributed by atoms with Crippen LogP contribution in [0.15, 0.2) is 35.3 Å². The van der Waals surface area contributed by atoms with Crippen LogP contribution in [0.4, 0.5) is 4.79 Å². The Balaban J connectivity index is 1.88. The number of hydrogen-bond acceptors (Lipinski definition) is 6. The molecule has 10 heteroatoms. The van der Waals surface area contributed by atoms with Gasteiger partial charge in [-0.3, -0.25) is 9.79 Å². The maximum absolute atomic E-state index is 11.7. The second-order valence-corrected chi connectivity index (χ2v) is 7.84. The molecule has 0 fully saturated rings. The molecule has 9 N–H and O–H groups in total. The molecule has 1 unspecified atom stereocenters. The van der Waals surface area contributed by atoms with E-state index in [1.54, 1.807) is 0 Å². The summed E-state index contributed by atoms with van der Waals surface area (Å²) in [5.41, 5.74) is 17.8. The third kappa shape index (κ3) is 16.4. The molecule has 1 aromatic rings. The summed E-state index contributed by atoms with van der Waals surface area (Å²) in [4.78, 5) is 27.3. The largest absolute Gasteiger partial charge is 0.439 e. The summed E-state index contributed by atoms with van der Waals surface area (Å²) in [6.45, 7) is 3.10. The highest BCUT2D eigenvalue weighted by Gasteiger charge is 2.06. The standard InChI is InChI=1S/C23H41N7O3/c24-20(19-10-4-3-5-11-19)12-17-27-13-8-9-16-30-23(32)33-18-21(31)28-14-6-1-2-7-15-29-22(25)26/h3-5,10-11,20,27H,1-2,6-9,12-18,24H2,(H,28,31)(H,30,32)(H4,25,26,29). The fraction of sp³-hybridized carbons (Fsp3) is 0.609. The van der Waals surface area contributed by atoms with Crippen LogP contribution in [-0.4, -0.2) is 57.3 Å². The Hall–Kier alpha value is -2.85. The number of unbranched alkanes of at least 4 members (excludes halogenated alkanes) is 4. The Labute approximate surface area is 197 Å². The van der Waals surface area contributed by atoms with Gasteiger partial charge in [0.2, 0.25) is 0 Å². The number of hydrogen-bond donors (Lipinski definition) is 6. The molecule has 0 heterocycles. The second-order valence-electron chi connectivity index (χ2n) is 7.84. The lowest BCUT2D eigenvalue weighted by Gasteiger charge is -2.12. The van der Waals surface area contributed by atoms with Crippen LogP contribution in [0.1, 0.15) is 56.6 Å². The normalized spacial score (nSPS) is 11.4. The molecule has 0 radical (unpaired) electrons. The summed E-state index contributed by atoms with van der Waals surface area (Å²) in [6, 6.07) is 10.1. The molecule has 10 nitrogen and oxygen atoms in total. The molecule has 1 atom stereocenters. The smallest absolute Gasteiger partial charge is 0.407 e. The molecular weight excluding hydrogens is 422 g/mol. The van der Waals surface area contributed by atoms with Gasteiger partial charge in [-0.05, 0) is 50.8 Å². The predicted octanol–water partition coefficient (Wildman–Crippen LogP) is 1.12. The Morgan fingerprint density at radius 2 is 1.55 bits per heavy atom. The van der Waals surface area contributed by atoms with E-state index in [1.807, 2.05) is 30.3 Å². The van der Waals surface area contributed by atoms with Gasteiger partial charge in [-0.2, -0.15) is 0 Å². The number of amides is 2. The Kier molecular flexibility index (Phi) is 16.0. The van der Waals surface area contributed by atoms with Crippen molar-refractivity contribution in [3.8, 4) is 0 Å². The number of guanidine groups is 1. The fourth-order valence-corrected chi connectivity index (χ4v) is 3.07. The van der Waals surface area contributed by atoms with E-state index in [2.05, 4.69) is 20.9 Å².